The summed E-state index contributed by atoms with van der Waals surface area (Å²) in [6, 6.07) is 16.8. The second kappa shape index (κ2) is 6.09. The Bertz CT molecular complexity index is 847. The van der Waals surface area contributed by atoms with Crippen molar-refractivity contribution in [3.05, 3.63) is 71.8 Å². The fourth-order valence-electron chi connectivity index (χ4n) is 3.40. The second-order valence-corrected chi connectivity index (χ2v) is 6.16. The highest BCUT2D eigenvalue weighted by Crippen LogP contribution is 2.40. The van der Waals surface area contributed by atoms with Gasteiger partial charge >= 0.3 is 6.03 Å². The molecule has 3 amide bonds. The van der Waals surface area contributed by atoms with E-state index in [0.29, 0.717) is 18.8 Å². The van der Waals surface area contributed by atoms with E-state index in [0.717, 1.165) is 11.1 Å². The summed E-state index contributed by atoms with van der Waals surface area (Å²) < 4.78 is 5.63. The number of para-hydroxylation sites is 1. The number of carbonyl (C=O) groups is 2. The third kappa shape index (κ3) is 2.58. The summed E-state index contributed by atoms with van der Waals surface area (Å²) in [6.45, 7) is 0.640. The van der Waals surface area contributed by atoms with E-state index in [1.807, 2.05) is 66.7 Å². The molecule has 126 valence electrons. The van der Waals surface area contributed by atoms with Crippen LogP contribution in [-0.2, 0) is 10.3 Å². The maximum absolute atomic E-state index is 13.1. The van der Waals surface area contributed by atoms with Crippen molar-refractivity contribution in [3.8, 4) is 5.75 Å². The summed E-state index contributed by atoms with van der Waals surface area (Å²) in [6.07, 6.45) is 4.17. The number of hydrogen-bond acceptors (Lipinski definition) is 3. The number of imide groups is 1. The lowest BCUT2D eigenvalue weighted by Gasteiger charge is -2.33. The molecule has 2 aromatic carbocycles. The van der Waals surface area contributed by atoms with Gasteiger partial charge in [-0.2, -0.15) is 0 Å². The van der Waals surface area contributed by atoms with Crippen LogP contribution in [0.1, 0.15) is 17.5 Å². The number of hydrogen-bond donors (Lipinski definition) is 1. The molecular weight excluding hydrogens is 316 g/mol. The molecule has 2 heterocycles. The van der Waals surface area contributed by atoms with E-state index in [2.05, 4.69) is 5.32 Å². The van der Waals surface area contributed by atoms with Crippen molar-refractivity contribution in [2.75, 3.05) is 13.2 Å². The topological polar surface area (TPSA) is 58.6 Å². The molecule has 5 nitrogen and oxygen atoms in total. The van der Waals surface area contributed by atoms with E-state index in [-0.39, 0.29) is 18.5 Å². The zero-order valence-electron chi connectivity index (χ0n) is 13.6. The summed E-state index contributed by atoms with van der Waals surface area (Å²) in [5.74, 6) is 0.440. The molecule has 1 atom stereocenters. The predicted octanol–water partition coefficient (Wildman–Crippen LogP) is 2.93. The third-order valence-corrected chi connectivity index (χ3v) is 4.66. The minimum atomic E-state index is -1.01. The number of rotatable bonds is 3. The molecule has 1 spiro atoms. The van der Waals surface area contributed by atoms with Gasteiger partial charge in [0.05, 0.1) is 6.61 Å². The summed E-state index contributed by atoms with van der Waals surface area (Å²) in [7, 11) is 0. The Morgan fingerprint density at radius 1 is 1.08 bits per heavy atom. The maximum Gasteiger partial charge on any atom is 0.325 e. The van der Waals surface area contributed by atoms with Gasteiger partial charge in [0.25, 0.3) is 5.91 Å². The fraction of sp³-hybridized carbons (Fsp3) is 0.200. The van der Waals surface area contributed by atoms with Gasteiger partial charge in [0, 0.05) is 18.5 Å². The first-order chi connectivity index (χ1) is 12.2. The van der Waals surface area contributed by atoms with E-state index in [9.17, 15) is 9.59 Å². The van der Waals surface area contributed by atoms with Crippen LogP contribution in [0.15, 0.2) is 60.7 Å². The van der Waals surface area contributed by atoms with Gasteiger partial charge in [0.1, 0.15) is 5.75 Å². The molecule has 4 rings (SSSR count). The molecule has 0 radical (unpaired) electrons. The van der Waals surface area contributed by atoms with Crippen molar-refractivity contribution in [2.45, 2.75) is 12.0 Å². The van der Waals surface area contributed by atoms with Gasteiger partial charge in [-0.1, -0.05) is 60.7 Å². The molecule has 2 aromatic rings. The molecule has 25 heavy (non-hydrogen) atoms. The Hall–Kier alpha value is -3.08. The van der Waals surface area contributed by atoms with Crippen molar-refractivity contribution in [1.82, 2.24) is 10.2 Å². The van der Waals surface area contributed by atoms with Crippen LogP contribution in [0.3, 0.4) is 0 Å². The molecule has 2 aliphatic rings. The van der Waals surface area contributed by atoms with E-state index < -0.39 is 5.54 Å². The highest BCUT2D eigenvalue weighted by Gasteiger charge is 2.54. The quantitative estimate of drug-likeness (QED) is 0.878. The first kappa shape index (κ1) is 15.4. The molecule has 1 unspecified atom stereocenters. The zero-order chi connectivity index (χ0) is 17.3. The largest absolute Gasteiger partial charge is 0.493 e. The van der Waals surface area contributed by atoms with Gasteiger partial charge in [-0.3, -0.25) is 9.69 Å². The Morgan fingerprint density at radius 2 is 1.84 bits per heavy atom. The smallest absolute Gasteiger partial charge is 0.325 e. The van der Waals surface area contributed by atoms with E-state index in [4.69, 9.17) is 4.74 Å². The zero-order valence-corrected chi connectivity index (χ0v) is 13.6. The van der Waals surface area contributed by atoms with Gasteiger partial charge in [0.15, 0.2) is 5.54 Å². The average Bonchev–Trinajstić information content (AvgIpc) is 2.88. The van der Waals surface area contributed by atoms with Crippen molar-refractivity contribution < 1.29 is 14.3 Å². The molecule has 0 aliphatic carbocycles. The first-order valence-corrected chi connectivity index (χ1v) is 8.29. The van der Waals surface area contributed by atoms with Crippen LogP contribution in [0.4, 0.5) is 4.79 Å². The second-order valence-electron chi connectivity index (χ2n) is 6.16. The van der Waals surface area contributed by atoms with E-state index >= 15 is 0 Å². The number of ether oxygens (including phenoxy) is 1. The summed E-state index contributed by atoms with van der Waals surface area (Å²) in [4.78, 5) is 26.7. The first-order valence-electron chi connectivity index (χ1n) is 8.29. The molecule has 0 bridgehead atoms. The minimum absolute atomic E-state index is 0.217. The lowest BCUT2D eigenvalue weighted by molar-refractivity contribution is -0.132. The third-order valence-electron chi connectivity index (χ3n) is 4.66. The van der Waals surface area contributed by atoms with Gasteiger partial charge < -0.3 is 10.1 Å². The minimum Gasteiger partial charge on any atom is -0.493 e. The lowest BCUT2D eigenvalue weighted by Crippen LogP contribution is -2.47. The molecule has 0 saturated carbocycles. The van der Waals surface area contributed by atoms with Crippen molar-refractivity contribution in [3.63, 3.8) is 0 Å². The number of nitrogens with one attached hydrogen (secondary N) is 1. The van der Waals surface area contributed by atoms with Crippen LogP contribution in [0.5, 0.6) is 5.75 Å². The number of carbonyl (C=O) groups excluding carboxylic acids is 2. The van der Waals surface area contributed by atoms with E-state index in [1.54, 1.807) is 0 Å². The number of fused-ring (bicyclic) bond motifs is 2. The van der Waals surface area contributed by atoms with Crippen LogP contribution < -0.4 is 10.1 Å². The lowest BCUT2D eigenvalue weighted by atomic mass is 9.84. The van der Waals surface area contributed by atoms with Gasteiger partial charge in [-0.15, -0.1) is 0 Å². The Kier molecular flexibility index (Phi) is 3.76. The predicted molar refractivity (Wildman–Crippen MR) is 94.0 cm³/mol. The molecule has 0 aromatic heterocycles. The van der Waals surface area contributed by atoms with Crippen LogP contribution in [0.2, 0.25) is 0 Å². The van der Waals surface area contributed by atoms with Gasteiger partial charge in [-0.25, -0.2) is 4.79 Å². The summed E-state index contributed by atoms with van der Waals surface area (Å²) >= 11 is 0. The standard InChI is InChI=1S/C20H18N2O3/c23-18-20(12-14-25-17-11-5-4-10-16(17)20)21-19(24)22(18)13-6-9-15-7-2-1-3-8-15/h1-11H,12-14H2,(H,21,24)/b9-6+. The van der Waals surface area contributed by atoms with Crippen molar-refractivity contribution in [2.24, 2.45) is 0 Å². The van der Waals surface area contributed by atoms with Gasteiger partial charge in [0.2, 0.25) is 0 Å². The van der Waals surface area contributed by atoms with Crippen LogP contribution in [-0.4, -0.2) is 30.0 Å². The Morgan fingerprint density at radius 3 is 2.68 bits per heavy atom. The highest BCUT2D eigenvalue weighted by atomic mass is 16.5. The molecule has 2 aliphatic heterocycles. The monoisotopic (exact) mass is 334 g/mol. The number of nitrogens with zero attached hydrogens (tertiary/aromatic N) is 1. The molecular formula is C20H18N2O3. The highest BCUT2D eigenvalue weighted by molar-refractivity contribution is 6.08. The molecule has 1 N–H and O–H groups in total. The van der Waals surface area contributed by atoms with Crippen LogP contribution in [0.25, 0.3) is 6.08 Å². The maximum atomic E-state index is 13.1. The molecule has 1 fully saturated rings. The fourth-order valence-corrected chi connectivity index (χ4v) is 3.40. The Labute approximate surface area is 145 Å². The van der Waals surface area contributed by atoms with Gasteiger partial charge in [-0.05, 0) is 11.6 Å². The van der Waals surface area contributed by atoms with Crippen LogP contribution >= 0.6 is 0 Å². The molecule has 5 heteroatoms. The number of benzene rings is 2. The average molecular weight is 334 g/mol. The SMILES string of the molecule is O=C1NC2(CCOc3ccccc32)C(=O)N1C/C=C/c1ccccc1. The Balaban J connectivity index is 1.58. The van der Waals surface area contributed by atoms with Crippen molar-refractivity contribution >= 4 is 18.0 Å². The summed E-state index contributed by atoms with van der Waals surface area (Å²) in [5, 5.41) is 2.90. The normalized spacial score (nSPS) is 22.2. The van der Waals surface area contributed by atoms with E-state index in [1.165, 1.54) is 4.90 Å². The van der Waals surface area contributed by atoms with Crippen LogP contribution in [0, 0.1) is 0 Å². The molecule has 1 saturated heterocycles. The number of urea groups is 1. The number of amides is 3. The van der Waals surface area contributed by atoms with Crippen molar-refractivity contribution in [1.29, 1.82) is 0 Å². The summed E-state index contributed by atoms with van der Waals surface area (Å²) in [5.41, 5.74) is 0.752.